The second kappa shape index (κ2) is 7.78. The van der Waals surface area contributed by atoms with Gasteiger partial charge in [-0.2, -0.15) is 27.1 Å². The predicted octanol–water partition coefficient (Wildman–Crippen LogP) is 5.91. The van der Waals surface area contributed by atoms with Crippen molar-refractivity contribution in [3.05, 3.63) is 64.3 Å². The van der Waals surface area contributed by atoms with Crippen LogP contribution < -0.4 is 5.32 Å². The monoisotopic (exact) mass is 487 g/mol. The molecule has 0 bridgehead atoms. The van der Waals surface area contributed by atoms with E-state index in [9.17, 15) is 26.7 Å². The first-order chi connectivity index (χ1) is 15.0. The molecule has 0 radical (unpaired) electrons. The summed E-state index contributed by atoms with van der Waals surface area (Å²) in [5, 5.41) is 8.08. The molecule has 0 atom stereocenters. The minimum Gasteiger partial charge on any atom is -0.322 e. The van der Waals surface area contributed by atoms with E-state index in [2.05, 4.69) is 20.4 Å². The molecular weight excluding hydrogens is 477 g/mol. The summed E-state index contributed by atoms with van der Waals surface area (Å²) in [6.07, 6.45) is -2.07. The van der Waals surface area contributed by atoms with Crippen LogP contribution >= 0.6 is 22.9 Å². The van der Waals surface area contributed by atoms with E-state index in [1.54, 1.807) is 11.4 Å². The number of aromatic nitrogens is 4. The maximum atomic E-state index is 14.0. The number of amides is 1. The summed E-state index contributed by atoms with van der Waals surface area (Å²) in [5.74, 6) is -4.47. The van der Waals surface area contributed by atoms with Gasteiger partial charge in [0.15, 0.2) is 5.69 Å². The first kappa shape index (κ1) is 22.1. The molecule has 1 N–H and O–H groups in total. The Hall–Kier alpha value is -3.12. The normalized spacial score (nSPS) is 12.3. The number of halogens is 6. The molecule has 0 aromatic carbocycles. The zero-order valence-corrected chi connectivity index (χ0v) is 17.5. The molecule has 0 saturated carbocycles. The third-order valence-corrected chi connectivity index (χ3v) is 5.73. The van der Waals surface area contributed by atoms with Crippen LogP contribution in [0.4, 0.5) is 27.6 Å². The van der Waals surface area contributed by atoms with Crippen LogP contribution in [0.1, 0.15) is 28.7 Å². The van der Waals surface area contributed by atoms with Gasteiger partial charge in [0.2, 0.25) is 0 Å². The molecule has 4 heterocycles. The van der Waals surface area contributed by atoms with Crippen LogP contribution in [0.15, 0.2) is 42.2 Å². The van der Waals surface area contributed by atoms with Gasteiger partial charge in [-0.05, 0) is 23.6 Å². The van der Waals surface area contributed by atoms with Crippen molar-refractivity contribution in [1.82, 2.24) is 19.7 Å². The van der Waals surface area contributed by atoms with E-state index >= 15 is 0 Å². The summed E-state index contributed by atoms with van der Waals surface area (Å²) in [7, 11) is 0. The van der Waals surface area contributed by atoms with E-state index in [4.69, 9.17) is 11.6 Å². The summed E-state index contributed by atoms with van der Waals surface area (Å²) in [5.41, 5.74) is -2.95. The summed E-state index contributed by atoms with van der Waals surface area (Å²) in [6, 6.07) is 3.63. The predicted molar refractivity (Wildman–Crippen MR) is 109 cm³/mol. The lowest BCUT2D eigenvalue weighted by Gasteiger charge is -2.14. The number of nitrogens with zero attached hydrogens (tertiary/aromatic N) is 4. The number of hydrogen-bond acceptors (Lipinski definition) is 5. The molecule has 4 aromatic heterocycles. The van der Waals surface area contributed by atoms with E-state index in [0.29, 0.717) is 21.7 Å². The average molecular weight is 488 g/mol. The van der Waals surface area contributed by atoms with Gasteiger partial charge in [-0.15, -0.1) is 11.3 Å². The molecule has 13 heteroatoms. The highest BCUT2D eigenvalue weighted by molar-refractivity contribution is 7.17. The van der Waals surface area contributed by atoms with Crippen LogP contribution in [0, 0.1) is 0 Å². The summed E-state index contributed by atoms with van der Waals surface area (Å²) in [4.78, 5) is 20.1. The lowest BCUT2D eigenvalue weighted by molar-refractivity contribution is -0.143. The molecule has 1 amide bonds. The van der Waals surface area contributed by atoms with Crippen molar-refractivity contribution in [3.8, 4) is 5.69 Å². The van der Waals surface area contributed by atoms with Crippen molar-refractivity contribution in [2.75, 3.05) is 5.32 Å². The third kappa shape index (κ3) is 4.02. The fourth-order valence-electron chi connectivity index (χ4n) is 3.00. The Morgan fingerprint density at radius 1 is 1.16 bits per heavy atom. The Labute approximate surface area is 185 Å². The van der Waals surface area contributed by atoms with Gasteiger partial charge in [-0.1, -0.05) is 11.6 Å². The molecule has 0 fully saturated rings. The van der Waals surface area contributed by atoms with Gasteiger partial charge < -0.3 is 5.32 Å². The number of hydrogen-bond donors (Lipinski definition) is 1. The fraction of sp³-hybridized carbons (Fsp3) is 0.158. The van der Waals surface area contributed by atoms with Crippen molar-refractivity contribution in [2.45, 2.75) is 19.0 Å². The van der Waals surface area contributed by atoms with Crippen LogP contribution in [0.25, 0.3) is 15.8 Å². The second-order valence-electron chi connectivity index (χ2n) is 6.69. The van der Waals surface area contributed by atoms with E-state index < -0.39 is 35.0 Å². The number of anilines is 1. The van der Waals surface area contributed by atoms with Crippen molar-refractivity contribution < 1.29 is 26.7 Å². The largest absolute Gasteiger partial charge is 0.434 e. The smallest absolute Gasteiger partial charge is 0.322 e. The highest BCUT2D eigenvalue weighted by atomic mass is 35.5. The molecule has 0 aliphatic rings. The first-order valence-corrected chi connectivity index (χ1v) is 10.1. The highest BCUT2D eigenvalue weighted by Crippen LogP contribution is 2.37. The van der Waals surface area contributed by atoms with E-state index in [0.717, 1.165) is 24.7 Å². The van der Waals surface area contributed by atoms with Crippen LogP contribution in [0.3, 0.4) is 0 Å². The SMILES string of the molecule is CC(F)(F)c1cc(NC(=O)c2cnn(-c3cnc(Cl)c4sccc34)c2C(F)(F)F)ccn1. The molecule has 0 unspecified atom stereocenters. The van der Waals surface area contributed by atoms with Gasteiger partial charge in [-0.25, -0.2) is 9.67 Å². The molecule has 4 rings (SSSR count). The van der Waals surface area contributed by atoms with E-state index in [1.165, 1.54) is 17.4 Å². The molecule has 32 heavy (non-hydrogen) atoms. The average Bonchev–Trinajstić information content (AvgIpc) is 3.35. The molecule has 0 spiro atoms. The van der Waals surface area contributed by atoms with Crippen molar-refractivity contribution in [2.24, 2.45) is 0 Å². The number of pyridine rings is 2. The van der Waals surface area contributed by atoms with Gasteiger partial charge in [0.25, 0.3) is 11.8 Å². The topological polar surface area (TPSA) is 72.7 Å². The molecule has 0 saturated heterocycles. The standard InChI is InChI=1S/C19H11ClF5N5OS/c1-18(21,22)13-6-9(2-4-26-13)29-17(31)11-7-28-30(15(11)19(23,24)25)12-8-27-16(20)14-10(12)3-5-32-14/h2-8H,1H3,(H,26,29,31). The Bertz CT molecular complexity index is 1330. The molecule has 4 aromatic rings. The number of thiophene rings is 1. The fourth-order valence-corrected chi connectivity index (χ4v) is 4.08. The summed E-state index contributed by atoms with van der Waals surface area (Å²) >= 11 is 7.19. The minimum absolute atomic E-state index is 0.0196. The maximum absolute atomic E-state index is 14.0. The summed E-state index contributed by atoms with van der Waals surface area (Å²) < 4.78 is 69.9. The molecule has 166 valence electrons. The zero-order chi connectivity index (χ0) is 23.3. The lowest BCUT2D eigenvalue weighted by atomic mass is 10.2. The molecular formula is C19H11ClF5N5OS. The van der Waals surface area contributed by atoms with Gasteiger partial charge >= 0.3 is 6.18 Å². The van der Waals surface area contributed by atoms with Crippen LogP contribution in [-0.4, -0.2) is 25.7 Å². The van der Waals surface area contributed by atoms with Gasteiger partial charge in [0, 0.05) is 24.2 Å². The maximum Gasteiger partial charge on any atom is 0.434 e. The van der Waals surface area contributed by atoms with Crippen molar-refractivity contribution in [1.29, 1.82) is 0 Å². The van der Waals surface area contributed by atoms with Crippen LogP contribution in [0.2, 0.25) is 5.15 Å². The zero-order valence-electron chi connectivity index (χ0n) is 15.9. The van der Waals surface area contributed by atoms with Gasteiger partial charge in [-0.3, -0.25) is 9.78 Å². The van der Waals surface area contributed by atoms with Crippen LogP contribution in [-0.2, 0) is 12.1 Å². The molecule has 0 aliphatic heterocycles. The third-order valence-electron chi connectivity index (χ3n) is 4.41. The number of alkyl halides is 5. The quantitative estimate of drug-likeness (QED) is 0.287. The van der Waals surface area contributed by atoms with E-state index in [-0.39, 0.29) is 16.5 Å². The number of nitrogens with one attached hydrogen (secondary N) is 1. The van der Waals surface area contributed by atoms with Gasteiger partial charge in [0.05, 0.1) is 28.3 Å². The number of rotatable bonds is 4. The Balaban J connectivity index is 1.78. The molecule has 0 aliphatic carbocycles. The second-order valence-corrected chi connectivity index (χ2v) is 7.96. The Kier molecular flexibility index (Phi) is 5.37. The number of fused-ring (bicyclic) bond motifs is 1. The van der Waals surface area contributed by atoms with Crippen LogP contribution in [0.5, 0.6) is 0 Å². The molecule has 6 nitrogen and oxygen atoms in total. The summed E-state index contributed by atoms with van der Waals surface area (Å²) in [6.45, 7) is 0.609. The first-order valence-electron chi connectivity index (χ1n) is 8.80. The van der Waals surface area contributed by atoms with E-state index in [1.807, 2.05) is 0 Å². The van der Waals surface area contributed by atoms with Gasteiger partial charge in [0.1, 0.15) is 10.8 Å². The number of carbonyl (C=O) groups excluding carboxylic acids is 1. The van der Waals surface area contributed by atoms with Crippen molar-refractivity contribution in [3.63, 3.8) is 0 Å². The van der Waals surface area contributed by atoms with Crippen molar-refractivity contribution >= 4 is 44.6 Å². The number of carbonyl (C=O) groups is 1. The Morgan fingerprint density at radius 3 is 2.59 bits per heavy atom. The lowest BCUT2D eigenvalue weighted by Crippen LogP contribution is -2.21. The minimum atomic E-state index is -4.97. The Morgan fingerprint density at radius 2 is 1.91 bits per heavy atom. The highest BCUT2D eigenvalue weighted by Gasteiger charge is 2.41.